The molecule has 1 amide bonds. The number of rotatable bonds is 5. The highest BCUT2D eigenvalue weighted by Crippen LogP contribution is 2.14. The van der Waals surface area contributed by atoms with E-state index in [-0.39, 0.29) is 5.91 Å². The van der Waals surface area contributed by atoms with Gasteiger partial charge in [0.2, 0.25) is 5.88 Å². The first-order chi connectivity index (χ1) is 11.6. The van der Waals surface area contributed by atoms with Crippen LogP contribution in [0.3, 0.4) is 0 Å². The maximum Gasteiger partial charge on any atom is 0.265 e. The van der Waals surface area contributed by atoms with E-state index in [9.17, 15) is 9.18 Å². The van der Waals surface area contributed by atoms with Gasteiger partial charge in [-0.3, -0.25) is 4.79 Å². The number of nitrogens with one attached hydrogen (secondary N) is 1. The monoisotopic (exact) mass is 325 g/mol. The van der Waals surface area contributed by atoms with E-state index in [0.717, 1.165) is 5.69 Å². The average molecular weight is 325 g/mol. The number of amides is 1. The van der Waals surface area contributed by atoms with Crippen LogP contribution in [0, 0.1) is 5.82 Å². The molecule has 122 valence electrons. The van der Waals surface area contributed by atoms with Crippen molar-refractivity contribution in [2.24, 2.45) is 0 Å². The van der Waals surface area contributed by atoms with Gasteiger partial charge < -0.3 is 10.1 Å². The van der Waals surface area contributed by atoms with Crippen molar-refractivity contribution in [1.29, 1.82) is 0 Å². The summed E-state index contributed by atoms with van der Waals surface area (Å²) in [5, 5.41) is 6.88. The minimum absolute atomic E-state index is 0.334. The van der Waals surface area contributed by atoms with Crippen molar-refractivity contribution in [3.63, 3.8) is 0 Å². The van der Waals surface area contributed by atoms with E-state index in [1.54, 1.807) is 29.9 Å². The molecule has 0 aliphatic heterocycles. The van der Waals surface area contributed by atoms with Crippen molar-refractivity contribution in [1.82, 2.24) is 9.78 Å². The largest absolute Gasteiger partial charge is 0.463 e. The maximum absolute atomic E-state index is 13.1. The number of anilines is 1. The average Bonchev–Trinajstić information content (AvgIpc) is 3.04. The van der Waals surface area contributed by atoms with Crippen LogP contribution in [0.15, 0.2) is 66.9 Å². The van der Waals surface area contributed by atoms with Crippen molar-refractivity contribution >= 4 is 11.6 Å². The van der Waals surface area contributed by atoms with Crippen molar-refractivity contribution in [2.75, 3.05) is 5.32 Å². The summed E-state index contributed by atoms with van der Waals surface area (Å²) < 4.78 is 20.3. The molecular weight excluding hydrogens is 309 g/mol. The van der Waals surface area contributed by atoms with Crippen LogP contribution in [-0.4, -0.2) is 21.8 Å². The highest BCUT2D eigenvalue weighted by molar-refractivity contribution is 5.94. The molecule has 0 saturated carbocycles. The number of ether oxygens (including phenoxy) is 1. The second-order valence-corrected chi connectivity index (χ2v) is 5.19. The first-order valence-corrected chi connectivity index (χ1v) is 7.46. The maximum atomic E-state index is 13.1. The van der Waals surface area contributed by atoms with E-state index in [4.69, 9.17) is 4.74 Å². The van der Waals surface area contributed by atoms with Gasteiger partial charge in [-0.2, -0.15) is 0 Å². The van der Waals surface area contributed by atoms with Gasteiger partial charge in [-0.1, -0.05) is 24.3 Å². The molecule has 2 aromatic carbocycles. The van der Waals surface area contributed by atoms with E-state index < -0.39 is 11.9 Å². The number of nitrogens with zero attached hydrogens (tertiary/aromatic N) is 2. The van der Waals surface area contributed by atoms with Crippen molar-refractivity contribution in [2.45, 2.75) is 13.0 Å². The third-order valence-electron chi connectivity index (χ3n) is 3.34. The fraction of sp³-hybridized carbons (Fsp3) is 0.111. The standard InChI is InChI=1S/C18H16FN3O2/c1-13(18(23)20-15-7-5-6-14(19)12-15)24-17-10-11-22(21-17)16-8-3-2-4-9-16/h2-13H,1H3,(H,20,23). The molecule has 0 aliphatic carbocycles. The molecule has 3 aromatic rings. The lowest BCUT2D eigenvalue weighted by molar-refractivity contribution is -0.122. The summed E-state index contributed by atoms with van der Waals surface area (Å²) in [6.07, 6.45) is 0.981. The summed E-state index contributed by atoms with van der Waals surface area (Å²) in [7, 11) is 0. The van der Waals surface area contributed by atoms with Gasteiger partial charge in [0.05, 0.1) is 5.69 Å². The molecule has 1 aromatic heterocycles. The van der Waals surface area contributed by atoms with Crippen LogP contribution in [0.5, 0.6) is 5.88 Å². The normalized spacial score (nSPS) is 11.8. The molecule has 24 heavy (non-hydrogen) atoms. The van der Waals surface area contributed by atoms with Gasteiger partial charge >= 0.3 is 0 Å². The van der Waals surface area contributed by atoms with E-state index in [1.807, 2.05) is 30.3 Å². The molecule has 3 rings (SSSR count). The van der Waals surface area contributed by atoms with E-state index >= 15 is 0 Å². The van der Waals surface area contributed by atoms with Crippen LogP contribution in [0.4, 0.5) is 10.1 Å². The smallest absolute Gasteiger partial charge is 0.265 e. The molecule has 0 bridgehead atoms. The van der Waals surface area contributed by atoms with Gasteiger partial charge in [0.25, 0.3) is 5.91 Å². The Hall–Kier alpha value is -3.15. The summed E-state index contributed by atoms with van der Waals surface area (Å²) >= 11 is 0. The third-order valence-corrected chi connectivity index (χ3v) is 3.34. The first kappa shape index (κ1) is 15.7. The Balaban J connectivity index is 1.63. The molecule has 0 saturated heterocycles. The number of hydrogen-bond donors (Lipinski definition) is 1. The Kier molecular flexibility index (Phi) is 4.56. The summed E-state index contributed by atoms with van der Waals surface area (Å²) in [6.45, 7) is 1.61. The minimum atomic E-state index is -0.771. The van der Waals surface area contributed by atoms with Gasteiger partial charge in [0.1, 0.15) is 5.82 Å². The fourth-order valence-corrected chi connectivity index (χ4v) is 2.14. The fourth-order valence-electron chi connectivity index (χ4n) is 2.14. The minimum Gasteiger partial charge on any atom is -0.463 e. The molecule has 1 unspecified atom stereocenters. The second kappa shape index (κ2) is 6.95. The van der Waals surface area contributed by atoms with Crippen LogP contribution in [-0.2, 0) is 4.79 Å². The molecule has 5 nitrogen and oxygen atoms in total. The lowest BCUT2D eigenvalue weighted by Gasteiger charge is -2.13. The van der Waals surface area contributed by atoms with E-state index in [0.29, 0.717) is 11.6 Å². The number of benzene rings is 2. The third kappa shape index (κ3) is 3.78. The van der Waals surface area contributed by atoms with Gasteiger partial charge in [0, 0.05) is 18.0 Å². The molecule has 1 atom stereocenters. The molecule has 0 aliphatic rings. The van der Waals surface area contributed by atoms with Crippen LogP contribution in [0.2, 0.25) is 0 Å². The Bertz CT molecular complexity index is 833. The molecule has 1 heterocycles. The molecule has 0 radical (unpaired) electrons. The quantitative estimate of drug-likeness (QED) is 0.782. The summed E-state index contributed by atoms with van der Waals surface area (Å²) in [4.78, 5) is 12.1. The van der Waals surface area contributed by atoms with Gasteiger partial charge in [-0.25, -0.2) is 9.07 Å². The van der Waals surface area contributed by atoms with Gasteiger partial charge in [-0.05, 0) is 37.3 Å². The Morgan fingerprint density at radius 2 is 1.96 bits per heavy atom. The Morgan fingerprint density at radius 1 is 1.17 bits per heavy atom. The first-order valence-electron chi connectivity index (χ1n) is 7.46. The van der Waals surface area contributed by atoms with Gasteiger partial charge in [0.15, 0.2) is 6.10 Å². The number of aromatic nitrogens is 2. The van der Waals surface area contributed by atoms with Crippen molar-refractivity contribution in [3.8, 4) is 11.6 Å². The molecule has 0 spiro atoms. The zero-order valence-corrected chi connectivity index (χ0v) is 13.0. The predicted octanol–water partition coefficient (Wildman–Crippen LogP) is 3.42. The lowest BCUT2D eigenvalue weighted by Crippen LogP contribution is -2.30. The van der Waals surface area contributed by atoms with Crippen LogP contribution in [0.1, 0.15) is 6.92 Å². The molecule has 0 fully saturated rings. The lowest BCUT2D eigenvalue weighted by atomic mass is 10.3. The number of carbonyl (C=O) groups excluding carboxylic acids is 1. The van der Waals surface area contributed by atoms with E-state index in [1.165, 1.54) is 18.2 Å². The van der Waals surface area contributed by atoms with Crippen LogP contribution >= 0.6 is 0 Å². The highest BCUT2D eigenvalue weighted by atomic mass is 19.1. The topological polar surface area (TPSA) is 56.2 Å². The molecular formula is C18H16FN3O2. The number of carbonyl (C=O) groups is 1. The Labute approximate surface area is 138 Å². The predicted molar refractivity (Wildman–Crippen MR) is 88.7 cm³/mol. The number of halogens is 1. The Morgan fingerprint density at radius 3 is 2.71 bits per heavy atom. The van der Waals surface area contributed by atoms with Gasteiger partial charge in [-0.15, -0.1) is 5.10 Å². The summed E-state index contributed by atoms with van der Waals surface area (Å²) in [6, 6.07) is 16.9. The number of hydrogen-bond acceptors (Lipinski definition) is 3. The molecule has 1 N–H and O–H groups in total. The number of para-hydroxylation sites is 1. The van der Waals surface area contributed by atoms with Crippen LogP contribution in [0.25, 0.3) is 5.69 Å². The van der Waals surface area contributed by atoms with Crippen molar-refractivity contribution < 1.29 is 13.9 Å². The SMILES string of the molecule is CC(Oc1ccn(-c2ccccc2)n1)C(=O)Nc1cccc(F)c1. The summed E-state index contributed by atoms with van der Waals surface area (Å²) in [5.41, 5.74) is 1.27. The molecule has 6 heteroatoms. The zero-order valence-electron chi connectivity index (χ0n) is 13.0. The zero-order chi connectivity index (χ0) is 16.9. The van der Waals surface area contributed by atoms with Crippen LogP contribution < -0.4 is 10.1 Å². The highest BCUT2D eigenvalue weighted by Gasteiger charge is 2.16. The van der Waals surface area contributed by atoms with Crippen molar-refractivity contribution in [3.05, 3.63) is 72.7 Å². The second-order valence-electron chi connectivity index (χ2n) is 5.19. The summed E-state index contributed by atoms with van der Waals surface area (Å²) in [5.74, 6) is -0.460. The van der Waals surface area contributed by atoms with E-state index in [2.05, 4.69) is 10.4 Å².